The Morgan fingerprint density at radius 1 is 0.896 bits per heavy atom. The maximum absolute atomic E-state index is 13.9. The van der Waals surface area contributed by atoms with E-state index < -0.39 is 17.7 Å². The van der Waals surface area contributed by atoms with Gasteiger partial charge >= 0.3 is 4.87 Å². The van der Waals surface area contributed by atoms with Gasteiger partial charge in [-0.05, 0) is 77.6 Å². The number of hydrogen-bond donors (Lipinski definition) is 2. The Morgan fingerprint density at radius 3 is 2.42 bits per heavy atom. The number of fused-ring (bicyclic) bond motifs is 10. The van der Waals surface area contributed by atoms with Gasteiger partial charge in [0.25, 0.3) is 5.91 Å². The maximum atomic E-state index is 13.9. The summed E-state index contributed by atoms with van der Waals surface area (Å²) in [4.78, 5) is 58.2. The number of aromatic amines is 1. The average Bonchev–Trinajstić information content (AvgIpc) is 3.83. The zero-order valence-corrected chi connectivity index (χ0v) is 26.9. The molecule has 8 nitrogen and oxygen atoms in total. The van der Waals surface area contributed by atoms with Crippen LogP contribution in [0.5, 0.6) is 5.75 Å². The van der Waals surface area contributed by atoms with E-state index in [4.69, 9.17) is 4.74 Å². The van der Waals surface area contributed by atoms with Gasteiger partial charge in [0.2, 0.25) is 11.8 Å². The molecule has 5 aromatic rings. The molecule has 2 saturated carbocycles. The number of hydrogen-bond acceptors (Lipinski definition) is 7. The van der Waals surface area contributed by atoms with E-state index in [1.165, 1.54) is 40.5 Å². The number of carbonyl (C=O) groups excluding carboxylic acids is 3. The topological polar surface area (TPSA) is 109 Å². The van der Waals surface area contributed by atoms with E-state index >= 15 is 0 Å². The van der Waals surface area contributed by atoms with Crippen molar-refractivity contribution in [3.05, 3.63) is 117 Å². The Labute approximate surface area is 282 Å². The molecule has 4 aromatic carbocycles. The van der Waals surface area contributed by atoms with E-state index in [0.717, 1.165) is 38.3 Å². The lowest BCUT2D eigenvalue weighted by Crippen LogP contribution is -2.42. The highest BCUT2D eigenvalue weighted by atomic mass is 32.2. The Hall–Kier alpha value is -4.74. The number of thioether (sulfide) groups is 1. The van der Waals surface area contributed by atoms with Crippen LogP contribution in [0.2, 0.25) is 0 Å². The zero-order valence-electron chi connectivity index (χ0n) is 25.3. The maximum Gasteiger partial charge on any atom is 0.305 e. The summed E-state index contributed by atoms with van der Waals surface area (Å²) in [5.41, 5.74) is 2.11. The molecule has 3 amide bonds. The van der Waals surface area contributed by atoms with Gasteiger partial charge in [-0.1, -0.05) is 59.9 Å². The monoisotopic (exact) mass is 677 g/mol. The quantitative estimate of drug-likeness (QED) is 0.201. The molecule has 240 valence electrons. The number of benzene rings is 4. The van der Waals surface area contributed by atoms with Crippen LogP contribution < -0.4 is 19.8 Å². The van der Waals surface area contributed by atoms with Crippen molar-refractivity contribution in [3.8, 4) is 5.75 Å². The molecule has 7 atom stereocenters. The van der Waals surface area contributed by atoms with Crippen LogP contribution in [0.3, 0.4) is 0 Å². The van der Waals surface area contributed by atoms with Crippen molar-refractivity contribution in [1.29, 1.82) is 0 Å². The first kappa shape index (κ1) is 29.4. The van der Waals surface area contributed by atoms with E-state index in [9.17, 15) is 23.6 Å². The van der Waals surface area contributed by atoms with Crippen molar-refractivity contribution in [2.45, 2.75) is 22.6 Å². The van der Waals surface area contributed by atoms with Gasteiger partial charge in [0.1, 0.15) is 11.6 Å². The number of aromatic nitrogens is 1. The molecule has 11 heteroatoms. The minimum Gasteiger partial charge on any atom is -0.484 e. The Bertz CT molecular complexity index is 2180. The van der Waals surface area contributed by atoms with Gasteiger partial charge in [-0.15, -0.1) is 11.8 Å². The lowest BCUT2D eigenvalue weighted by Gasteiger charge is -2.43. The van der Waals surface area contributed by atoms with Crippen LogP contribution in [0.15, 0.2) is 101 Å². The zero-order chi connectivity index (χ0) is 32.7. The molecule has 0 spiro atoms. The van der Waals surface area contributed by atoms with Crippen LogP contribution in [0, 0.1) is 35.4 Å². The van der Waals surface area contributed by atoms with Gasteiger partial charge in [-0.3, -0.25) is 24.1 Å². The third kappa shape index (κ3) is 4.55. The summed E-state index contributed by atoms with van der Waals surface area (Å²) < 4.78 is 19.5. The Kier molecular flexibility index (Phi) is 6.84. The summed E-state index contributed by atoms with van der Waals surface area (Å²) in [5, 5.41) is 5.81. The fourth-order valence-electron chi connectivity index (χ4n) is 8.68. The number of anilines is 2. The van der Waals surface area contributed by atoms with Gasteiger partial charge < -0.3 is 15.0 Å². The molecule has 48 heavy (non-hydrogen) atoms. The number of halogens is 1. The fourth-order valence-corrected chi connectivity index (χ4v) is 11.6. The molecule has 2 N–H and O–H groups in total. The summed E-state index contributed by atoms with van der Waals surface area (Å²) in [6.45, 7) is -0.162. The van der Waals surface area contributed by atoms with Crippen molar-refractivity contribution >= 4 is 63.0 Å². The minimum atomic E-state index is -0.447. The highest BCUT2D eigenvalue weighted by Gasteiger charge is 2.69. The molecule has 2 aliphatic carbocycles. The summed E-state index contributed by atoms with van der Waals surface area (Å²) in [5.74, 6) is -1.61. The van der Waals surface area contributed by atoms with E-state index in [-0.39, 0.29) is 58.1 Å². The van der Waals surface area contributed by atoms with Crippen molar-refractivity contribution in [2.75, 3.05) is 16.8 Å². The molecule has 4 aliphatic rings. The smallest absolute Gasteiger partial charge is 0.305 e. The number of imide groups is 1. The van der Waals surface area contributed by atoms with Crippen LogP contribution in [-0.4, -0.2) is 34.6 Å². The van der Waals surface area contributed by atoms with Gasteiger partial charge in [0, 0.05) is 27.1 Å². The number of amides is 3. The van der Waals surface area contributed by atoms with Crippen LogP contribution in [0.1, 0.15) is 22.8 Å². The predicted molar refractivity (Wildman–Crippen MR) is 182 cm³/mol. The summed E-state index contributed by atoms with van der Waals surface area (Å²) >= 11 is 2.83. The molecule has 0 unspecified atom stereocenters. The van der Waals surface area contributed by atoms with E-state index in [1.54, 1.807) is 11.8 Å². The van der Waals surface area contributed by atoms with Crippen LogP contribution in [0.25, 0.3) is 10.8 Å². The van der Waals surface area contributed by atoms with Crippen LogP contribution >= 0.6 is 23.1 Å². The number of thiazole rings is 1. The first-order valence-corrected chi connectivity index (χ1v) is 17.6. The number of ether oxygens (including phenoxy) is 1. The second kappa shape index (κ2) is 11.2. The predicted octanol–water partition coefficient (Wildman–Crippen LogP) is 6.42. The SMILES string of the molecule is O=C(COc1ccc([C@@H]2c3sc(=O)[nH]c3S[C@@H]3[C@@H]4C[C@@H]([C@@H]5C(=O)N(c6ccc(F)cc6)C(=O)[C@@H]45)[C@H]23)cc1)Nc1cccc2ccccc12. The summed E-state index contributed by atoms with van der Waals surface area (Å²) in [7, 11) is 0. The molecule has 0 radical (unpaired) electrons. The number of H-pyrrole nitrogens is 1. The highest BCUT2D eigenvalue weighted by Crippen LogP contribution is 2.68. The third-order valence-corrected chi connectivity index (χ3v) is 13.1. The molecule has 9 rings (SSSR count). The van der Waals surface area contributed by atoms with Crippen LogP contribution in [-0.2, 0) is 14.4 Å². The van der Waals surface area contributed by atoms with Gasteiger partial charge in [0.05, 0.1) is 22.5 Å². The molecular formula is C37H28FN3O5S2. The van der Waals surface area contributed by atoms with Crippen molar-refractivity contribution in [3.63, 3.8) is 0 Å². The highest BCUT2D eigenvalue weighted by molar-refractivity contribution is 8.00. The van der Waals surface area contributed by atoms with Gasteiger partial charge in [-0.25, -0.2) is 4.39 Å². The van der Waals surface area contributed by atoms with E-state index in [1.807, 2.05) is 66.7 Å². The van der Waals surface area contributed by atoms with Crippen molar-refractivity contribution in [1.82, 2.24) is 4.98 Å². The van der Waals surface area contributed by atoms with Gasteiger partial charge in [0.15, 0.2) is 6.61 Å². The second-order valence-electron chi connectivity index (χ2n) is 12.9. The number of carbonyl (C=O) groups is 3. The first-order valence-electron chi connectivity index (χ1n) is 15.9. The Morgan fingerprint density at radius 2 is 1.62 bits per heavy atom. The molecule has 1 aromatic heterocycles. The third-order valence-electron chi connectivity index (χ3n) is 10.5. The van der Waals surface area contributed by atoms with Crippen molar-refractivity contribution in [2.24, 2.45) is 29.6 Å². The molecule has 3 fully saturated rings. The number of nitrogens with zero attached hydrogens (tertiary/aromatic N) is 1. The fraction of sp³-hybridized carbons (Fsp3) is 0.243. The van der Waals surface area contributed by atoms with Crippen LogP contribution in [0.4, 0.5) is 15.8 Å². The van der Waals surface area contributed by atoms with Gasteiger partial charge in [-0.2, -0.15) is 0 Å². The van der Waals surface area contributed by atoms with Crippen molar-refractivity contribution < 1.29 is 23.5 Å². The lowest BCUT2D eigenvalue weighted by molar-refractivity contribution is -0.123. The molecule has 2 aliphatic heterocycles. The standard InChI is InChI=1S/C37H28FN3O5S2/c38-20-10-12-21(13-11-20)41-35(43)30-24-16-25(31(30)36(41)44)32-29(24)28(33-34(47-32)40-37(45)48-33)19-8-14-22(15-9-19)46-17-27(42)39-26-7-3-5-18-4-1-2-6-23(18)26/h1-15,24-25,28-32H,16-17H2,(H,39,42)(H,40,45)/t24-,25-,28+,29-,30+,31+,32-/m1/s1. The molecule has 2 bridgehead atoms. The number of nitrogens with one attached hydrogen (secondary N) is 2. The summed E-state index contributed by atoms with van der Waals surface area (Å²) in [6.07, 6.45) is 0.773. The number of rotatable bonds is 6. The van der Waals surface area contributed by atoms with E-state index in [0.29, 0.717) is 11.4 Å². The molecule has 3 heterocycles. The normalized spacial score (nSPS) is 26.8. The molecular weight excluding hydrogens is 650 g/mol. The Balaban J connectivity index is 0.966. The minimum absolute atomic E-state index is 0.0150. The second-order valence-corrected chi connectivity index (χ2v) is 15.1. The molecule has 1 saturated heterocycles. The first-order chi connectivity index (χ1) is 23.4. The van der Waals surface area contributed by atoms with E-state index in [2.05, 4.69) is 10.3 Å². The largest absolute Gasteiger partial charge is 0.484 e. The summed E-state index contributed by atoms with van der Waals surface area (Å²) in [6, 6.07) is 26.7. The average molecular weight is 678 g/mol. The lowest BCUT2D eigenvalue weighted by atomic mass is 9.68.